The van der Waals surface area contributed by atoms with Gasteiger partial charge in [0, 0.05) is 8.80 Å². The number of hydrogen-bond donors (Lipinski definition) is 0. The van der Waals surface area contributed by atoms with E-state index in [2.05, 4.69) is 6.92 Å². The molecule has 0 radical (unpaired) electrons. The Balaban J connectivity index is 1.40. The van der Waals surface area contributed by atoms with Crippen molar-refractivity contribution in [1.29, 1.82) is 0 Å². The third kappa shape index (κ3) is 5.14. The molecule has 0 spiro atoms. The molecule has 1 heterocycles. The van der Waals surface area contributed by atoms with Crippen LogP contribution in [0.2, 0.25) is 18.1 Å². The van der Waals surface area contributed by atoms with Crippen LogP contribution in [0.5, 0.6) is 0 Å². The molecule has 1 aliphatic heterocycles. The van der Waals surface area contributed by atoms with Crippen molar-refractivity contribution < 1.29 is 13.2 Å². The van der Waals surface area contributed by atoms with Gasteiger partial charge in [-0.2, -0.15) is 0 Å². The lowest BCUT2D eigenvalue weighted by atomic mass is 9.76. The summed E-state index contributed by atoms with van der Waals surface area (Å²) >= 11 is 0. The maximum absolute atomic E-state index is 13.5. The molecular formula is C22H33F3Si. The molecule has 0 aromatic heterocycles. The van der Waals surface area contributed by atoms with Crippen molar-refractivity contribution in [2.75, 3.05) is 0 Å². The van der Waals surface area contributed by atoms with Crippen LogP contribution in [0.15, 0.2) is 12.1 Å². The molecular weight excluding hydrogens is 349 g/mol. The maximum Gasteiger partial charge on any atom is 0.194 e. The normalized spacial score (nSPS) is 29.7. The number of benzene rings is 1. The van der Waals surface area contributed by atoms with Gasteiger partial charge in [-0.25, -0.2) is 13.2 Å². The van der Waals surface area contributed by atoms with Crippen LogP contribution in [0.3, 0.4) is 0 Å². The van der Waals surface area contributed by atoms with Crippen LogP contribution >= 0.6 is 0 Å². The van der Waals surface area contributed by atoms with Crippen molar-refractivity contribution in [3.63, 3.8) is 0 Å². The monoisotopic (exact) mass is 382 g/mol. The second-order valence-electron chi connectivity index (χ2n) is 8.77. The van der Waals surface area contributed by atoms with Gasteiger partial charge in [0.05, 0.1) is 0 Å². The Morgan fingerprint density at radius 2 is 1.38 bits per heavy atom. The van der Waals surface area contributed by atoms with Gasteiger partial charge in [0.2, 0.25) is 0 Å². The van der Waals surface area contributed by atoms with Gasteiger partial charge in [-0.3, -0.25) is 0 Å². The molecule has 2 fully saturated rings. The minimum Gasteiger partial charge on any atom is -0.204 e. The fourth-order valence-corrected chi connectivity index (χ4v) is 8.85. The Kier molecular flexibility index (Phi) is 7.25. The van der Waals surface area contributed by atoms with Crippen molar-refractivity contribution in [1.82, 2.24) is 0 Å². The van der Waals surface area contributed by atoms with Crippen molar-refractivity contribution in [2.24, 2.45) is 11.8 Å². The topological polar surface area (TPSA) is 0 Å². The van der Waals surface area contributed by atoms with Crippen LogP contribution in [0, 0.1) is 29.3 Å². The lowest BCUT2D eigenvalue weighted by Crippen LogP contribution is -2.22. The highest BCUT2D eigenvalue weighted by Crippen LogP contribution is 2.40. The van der Waals surface area contributed by atoms with Gasteiger partial charge in [-0.15, -0.1) is 0 Å². The molecule has 1 aliphatic carbocycles. The Morgan fingerprint density at radius 3 is 1.92 bits per heavy atom. The molecule has 3 rings (SSSR count). The lowest BCUT2D eigenvalue weighted by molar-refractivity contribution is 0.279. The number of halogens is 3. The number of hydrogen-bond acceptors (Lipinski definition) is 0. The van der Waals surface area contributed by atoms with Crippen LogP contribution < -0.4 is 0 Å². The summed E-state index contributed by atoms with van der Waals surface area (Å²) in [5.74, 6) is -1.54. The summed E-state index contributed by atoms with van der Waals surface area (Å²) in [4.78, 5) is 0. The van der Waals surface area contributed by atoms with E-state index >= 15 is 0 Å². The summed E-state index contributed by atoms with van der Waals surface area (Å²) in [7, 11) is -0.367. The average molecular weight is 383 g/mol. The quantitative estimate of drug-likeness (QED) is 0.360. The summed E-state index contributed by atoms with van der Waals surface area (Å²) in [6.45, 7) is 2.32. The smallest absolute Gasteiger partial charge is 0.194 e. The second-order valence-corrected chi connectivity index (χ2v) is 12.2. The molecule has 0 N–H and O–H groups in total. The van der Waals surface area contributed by atoms with Gasteiger partial charge in [0.1, 0.15) is 0 Å². The van der Waals surface area contributed by atoms with E-state index in [1.165, 1.54) is 44.2 Å². The first-order valence-electron chi connectivity index (χ1n) is 10.7. The Labute approximate surface area is 158 Å². The van der Waals surface area contributed by atoms with Gasteiger partial charge in [0.15, 0.2) is 17.5 Å². The zero-order valence-corrected chi connectivity index (χ0v) is 17.2. The largest absolute Gasteiger partial charge is 0.204 e. The molecule has 26 heavy (non-hydrogen) atoms. The van der Waals surface area contributed by atoms with Gasteiger partial charge in [-0.1, -0.05) is 57.2 Å². The Morgan fingerprint density at radius 1 is 0.846 bits per heavy atom. The van der Waals surface area contributed by atoms with Crippen LogP contribution in [0.1, 0.15) is 76.2 Å². The molecule has 1 saturated heterocycles. The maximum atomic E-state index is 13.5. The third-order valence-electron chi connectivity index (χ3n) is 6.97. The van der Waals surface area contributed by atoms with Crippen molar-refractivity contribution in [3.05, 3.63) is 35.1 Å². The standard InChI is InChI=1S/C22H33F3Si/c1-2-11-26-12-9-17(10-13-26)4-3-16-5-7-18(8-6-16)19-14-20(23)22(25)21(24)15-19/h14-18,26H,2-13H2,1H3. The molecule has 146 valence electrons. The molecule has 1 aromatic rings. The van der Waals surface area contributed by atoms with E-state index in [9.17, 15) is 13.2 Å². The molecule has 1 saturated carbocycles. The lowest BCUT2D eigenvalue weighted by Gasteiger charge is -2.32. The fourth-order valence-electron chi connectivity index (χ4n) is 5.28. The first kappa shape index (κ1) is 20.0. The van der Waals surface area contributed by atoms with Gasteiger partial charge >= 0.3 is 0 Å². The van der Waals surface area contributed by atoms with E-state index in [4.69, 9.17) is 0 Å². The zero-order valence-electron chi connectivity index (χ0n) is 16.1. The molecule has 2 aliphatic rings. The first-order valence-corrected chi connectivity index (χ1v) is 13.2. The summed E-state index contributed by atoms with van der Waals surface area (Å²) in [6, 6.07) is 7.06. The first-order chi connectivity index (χ1) is 12.6. The molecule has 0 unspecified atom stereocenters. The molecule has 0 nitrogen and oxygen atoms in total. The predicted octanol–water partition coefficient (Wildman–Crippen LogP) is 7.21. The highest BCUT2D eigenvalue weighted by Gasteiger charge is 2.26. The summed E-state index contributed by atoms with van der Waals surface area (Å²) < 4.78 is 40.1. The molecule has 0 bridgehead atoms. The minimum atomic E-state index is -1.35. The zero-order chi connectivity index (χ0) is 18.5. The molecule has 1 aromatic carbocycles. The average Bonchev–Trinajstić information content (AvgIpc) is 2.66. The highest BCUT2D eigenvalue weighted by molar-refractivity contribution is 6.58. The van der Waals surface area contributed by atoms with E-state index in [1.807, 2.05) is 0 Å². The minimum absolute atomic E-state index is 0.186. The van der Waals surface area contributed by atoms with Crippen LogP contribution in [-0.4, -0.2) is 8.80 Å². The Hall–Kier alpha value is -0.773. The predicted molar refractivity (Wildman–Crippen MR) is 105 cm³/mol. The van der Waals surface area contributed by atoms with E-state index in [0.29, 0.717) is 5.56 Å². The SMILES string of the molecule is CCC[SiH]1CCC(CCC2CCC(c3cc(F)c(F)c(F)c3)CC2)CC1. The van der Waals surface area contributed by atoms with Crippen LogP contribution in [0.4, 0.5) is 13.2 Å². The van der Waals surface area contributed by atoms with Crippen molar-refractivity contribution >= 4 is 8.80 Å². The van der Waals surface area contributed by atoms with E-state index in [-0.39, 0.29) is 14.7 Å². The van der Waals surface area contributed by atoms with E-state index < -0.39 is 17.5 Å². The summed E-state index contributed by atoms with van der Waals surface area (Å²) in [5, 5.41) is 0. The number of rotatable bonds is 6. The Bertz CT molecular complexity index is 550. The van der Waals surface area contributed by atoms with Gasteiger partial charge < -0.3 is 0 Å². The van der Waals surface area contributed by atoms with Crippen molar-refractivity contribution in [3.8, 4) is 0 Å². The van der Waals surface area contributed by atoms with Crippen LogP contribution in [-0.2, 0) is 0 Å². The van der Waals surface area contributed by atoms with Crippen LogP contribution in [0.25, 0.3) is 0 Å². The fraction of sp³-hybridized carbons (Fsp3) is 0.727. The molecule has 4 heteroatoms. The summed E-state index contributed by atoms with van der Waals surface area (Å²) in [5.41, 5.74) is 0.638. The van der Waals surface area contributed by atoms with E-state index in [0.717, 1.165) is 37.5 Å². The highest BCUT2D eigenvalue weighted by atomic mass is 28.3. The molecule has 0 atom stereocenters. The third-order valence-corrected chi connectivity index (χ3v) is 10.7. The van der Waals surface area contributed by atoms with Gasteiger partial charge in [0.25, 0.3) is 0 Å². The van der Waals surface area contributed by atoms with E-state index in [1.54, 1.807) is 18.1 Å². The van der Waals surface area contributed by atoms with Crippen molar-refractivity contribution in [2.45, 2.75) is 88.8 Å². The van der Waals surface area contributed by atoms with Gasteiger partial charge in [-0.05, 0) is 61.1 Å². The second kappa shape index (κ2) is 9.43. The molecule has 0 amide bonds. The summed E-state index contributed by atoms with van der Waals surface area (Å²) in [6.07, 6.45) is 11.3.